The molecule has 0 bridgehead atoms. The molecule has 0 spiro atoms. The lowest BCUT2D eigenvalue weighted by Gasteiger charge is -2.50. The number of carbonyl (C=O) groups is 1. The van der Waals surface area contributed by atoms with Crippen LogP contribution in [0.3, 0.4) is 0 Å². The van der Waals surface area contributed by atoms with Gasteiger partial charge in [-0.05, 0) is 78.8 Å². The first-order valence-corrected chi connectivity index (χ1v) is 14.2. The maximum absolute atomic E-state index is 13.7. The normalized spacial score (nSPS) is 32.2. The maximum Gasteiger partial charge on any atom is 0.310 e. The van der Waals surface area contributed by atoms with E-state index in [0.29, 0.717) is 5.92 Å². The molecule has 2 aliphatic carbocycles. The molecule has 4 fully saturated rings. The Morgan fingerprint density at radius 3 is 2.21 bits per heavy atom. The second kappa shape index (κ2) is 10.2. The van der Waals surface area contributed by atoms with Gasteiger partial charge in [0.2, 0.25) is 0 Å². The highest BCUT2D eigenvalue weighted by Crippen LogP contribution is 2.57. The van der Waals surface area contributed by atoms with E-state index in [1.54, 1.807) is 0 Å². The third kappa shape index (κ3) is 4.82. The zero-order chi connectivity index (χ0) is 26.4. The van der Waals surface area contributed by atoms with E-state index in [-0.39, 0.29) is 47.0 Å². The van der Waals surface area contributed by atoms with Gasteiger partial charge < -0.3 is 4.74 Å². The fourth-order valence-electron chi connectivity index (χ4n) is 7.85. The summed E-state index contributed by atoms with van der Waals surface area (Å²) in [7, 11) is 0. The summed E-state index contributed by atoms with van der Waals surface area (Å²) in [6.07, 6.45) is 5.54. The predicted octanol–water partition coefficient (Wildman–Crippen LogP) is 5.99. The molecule has 5 unspecified atom stereocenters. The minimum Gasteiger partial charge on any atom is -0.462 e. The van der Waals surface area contributed by atoms with Crippen LogP contribution in [0.5, 0.6) is 0 Å². The minimum atomic E-state index is -0.266. The van der Waals surface area contributed by atoms with Crippen molar-refractivity contribution in [3.63, 3.8) is 0 Å². The van der Waals surface area contributed by atoms with E-state index in [1.165, 1.54) is 42.7 Å². The van der Waals surface area contributed by atoms with Gasteiger partial charge in [-0.25, -0.2) is 8.78 Å². The molecular formula is C32H38F2N2O2. The van der Waals surface area contributed by atoms with Crippen molar-refractivity contribution in [1.29, 1.82) is 0 Å². The maximum atomic E-state index is 13.7. The van der Waals surface area contributed by atoms with Gasteiger partial charge in [0.25, 0.3) is 0 Å². The summed E-state index contributed by atoms with van der Waals surface area (Å²) in [5.74, 6) is 0.149. The lowest BCUT2D eigenvalue weighted by atomic mass is 9.55. The van der Waals surface area contributed by atoms with Crippen LogP contribution in [0.4, 0.5) is 8.78 Å². The quantitative estimate of drug-likeness (QED) is 0.358. The smallest absolute Gasteiger partial charge is 0.310 e. The number of benzene rings is 2. The molecule has 2 aromatic rings. The van der Waals surface area contributed by atoms with Gasteiger partial charge >= 0.3 is 5.97 Å². The van der Waals surface area contributed by atoms with Crippen LogP contribution in [0.25, 0.3) is 0 Å². The molecule has 0 aromatic heterocycles. The van der Waals surface area contributed by atoms with Gasteiger partial charge in [0, 0.05) is 38.6 Å². The van der Waals surface area contributed by atoms with Crippen LogP contribution in [-0.4, -0.2) is 54.6 Å². The first-order valence-electron chi connectivity index (χ1n) is 14.2. The van der Waals surface area contributed by atoms with E-state index in [2.05, 4.69) is 23.3 Å². The summed E-state index contributed by atoms with van der Waals surface area (Å²) < 4.78 is 33.3. The van der Waals surface area contributed by atoms with Crippen molar-refractivity contribution in [3.8, 4) is 0 Å². The van der Waals surface area contributed by atoms with Crippen molar-refractivity contribution in [1.82, 2.24) is 9.80 Å². The number of carbonyl (C=O) groups excluding carboxylic acids is 1. The average molecular weight is 521 g/mol. The molecule has 0 amide bonds. The number of rotatable bonds is 5. The Bertz CT molecular complexity index is 1130. The van der Waals surface area contributed by atoms with Gasteiger partial charge in [-0.2, -0.15) is 0 Å². The Hall–Kier alpha value is -2.57. The molecule has 2 saturated carbocycles. The number of hydrogen-bond donors (Lipinski definition) is 0. The Morgan fingerprint density at radius 1 is 1.00 bits per heavy atom. The van der Waals surface area contributed by atoms with E-state index in [4.69, 9.17) is 4.74 Å². The largest absolute Gasteiger partial charge is 0.462 e. The fourth-order valence-corrected chi connectivity index (χ4v) is 7.85. The van der Waals surface area contributed by atoms with E-state index in [9.17, 15) is 13.6 Å². The summed E-state index contributed by atoms with van der Waals surface area (Å²) in [5, 5.41) is 0. The summed E-state index contributed by atoms with van der Waals surface area (Å²) in [5.41, 5.74) is 3.57. The molecule has 202 valence electrons. The van der Waals surface area contributed by atoms with Crippen molar-refractivity contribution in [2.45, 2.75) is 51.2 Å². The zero-order valence-electron chi connectivity index (χ0n) is 22.3. The summed E-state index contributed by atoms with van der Waals surface area (Å²) in [6.45, 7) is 10.8. The molecule has 2 aliphatic heterocycles. The average Bonchev–Trinajstić information content (AvgIpc) is 3.19. The number of ether oxygens (including phenoxy) is 1. The lowest BCUT2D eigenvalue weighted by molar-refractivity contribution is -0.146. The second-order valence-corrected chi connectivity index (χ2v) is 12.2. The Morgan fingerprint density at radius 2 is 1.61 bits per heavy atom. The Kier molecular flexibility index (Phi) is 6.89. The van der Waals surface area contributed by atoms with Crippen molar-refractivity contribution in [2.75, 3.05) is 32.7 Å². The Balaban J connectivity index is 1.14. The van der Waals surface area contributed by atoms with E-state index < -0.39 is 0 Å². The first kappa shape index (κ1) is 25.7. The minimum absolute atomic E-state index is 0.0224. The van der Waals surface area contributed by atoms with Crippen LogP contribution in [0.15, 0.2) is 60.7 Å². The van der Waals surface area contributed by atoms with E-state index in [0.717, 1.165) is 63.1 Å². The Labute approximate surface area is 224 Å². The van der Waals surface area contributed by atoms with Gasteiger partial charge in [-0.15, -0.1) is 0 Å². The lowest BCUT2D eigenvalue weighted by Crippen LogP contribution is -2.50. The van der Waals surface area contributed by atoms with E-state index >= 15 is 0 Å². The number of nitrogens with zero attached hydrogens (tertiary/aromatic N) is 2. The van der Waals surface area contributed by atoms with E-state index in [1.807, 2.05) is 24.3 Å². The molecule has 0 N–H and O–H groups in total. The molecule has 38 heavy (non-hydrogen) atoms. The topological polar surface area (TPSA) is 32.8 Å². The molecule has 6 heteroatoms. The highest BCUT2D eigenvalue weighted by atomic mass is 19.1. The van der Waals surface area contributed by atoms with Crippen LogP contribution in [0, 0.1) is 34.8 Å². The molecule has 2 saturated heterocycles. The van der Waals surface area contributed by atoms with Gasteiger partial charge in [-0.1, -0.05) is 43.3 Å². The number of piperazine rings is 1. The monoisotopic (exact) mass is 520 g/mol. The fraction of sp³-hybridized carbons (Fsp3) is 0.531. The summed E-state index contributed by atoms with van der Waals surface area (Å²) in [6, 6.07) is 13.1. The highest BCUT2D eigenvalue weighted by Gasteiger charge is 2.55. The molecule has 6 rings (SSSR count). The first-order chi connectivity index (χ1) is 18.3. The number of esters is 1. The van der Waals surface area contributed by atoms with Gasteiger partial charge in [0.15, 0.2) is 0 Å². The second-order valence-electron chi connectivity index (χ2n) is 12.2. The molecular weight excluding hydrogens is 482 g/mol. The molecule has 2 aromatic carbocycles. The van der Waals surface area contributed by atoms with Gasteiger partial charge in [0.1, 0.15) is 17.7 Å². The number of halogens is 2. The molecule has 4 aliphatic rings. The third-order valence-corrected chi connectivity index (χ3v) is 9.92. The standard InChI is InChI=1S/C32H38F2N2O2/c1-21-4-3-13-32(2)19-29-26(18-28(21)32)27(31(37)38-29)20-35-14-16-36(17-15-35)30(22-5-9-24(33)10-6-22)23-7-11-25(34)12-8-23/h5-12,26-30H,1,3-4,13-20H2,2H3. The van der Waals surface area contributed by atoms with Crippen LogP contribution in [0.2, 0.25) is 0 Å². The van der Waals surface area contributed by atoms with Crippen molar-refractivity contribution < 1.29 is 18.3 Å². The van der Waals surface area contributed by atoms with Gasteiger partial charge in [0.05, 0.1) is 12.0 Å². The molecule has 2 heterocycles. The van der Waals surface area contributed by atoms with Crippen LogP contribution in [0.1, 0.15) is 56.2 Å². The number of allylic oxidation sites excluding steroid dienone is 1. The van der Waals surface area contributed by atoms with Crippen LogP contribution in [-0.2, 0) is 9.53 Å². The SMILES string of the molecule is C=C1CCCC2(C)CC3OC(=O)C(CN4CCN(C(c5ccc(F)cc5)c5ccc(F)cc5)CC4)C3CC12. The third-order valence-electron chi connectivity index (χ3n) is 9.92. The van der Waals surface area contributed by atoms with Crippen LogP contribution >= 0.6 is 0 Å². The summed E-state index contributed by atoms with van der Waals surface area (Å²) >= 11 is 0. The molecule has 4 nitrogen and oxygen atoms in total. The number of hydrogen-bond acceptors (Lipinski definition) is 4. The van der Waals surface area contributed by atoms with Crippen molar-refractivity contribution in [3.05, 3.63) is 83.4 Å². The highest BCUT2D eigenvalue weighted by molar-refractivity contribution is 5.75. The summed E-state index contributed by atoms with van der Waals surface area (Å²) in [4.78, 5) is 17.8. The number of fused-ring (bicyclic) bond motifs is 2. The molecule has 5 atom stereocenters. The molecule has 0 radical (unpaired) electrons. The van der Waals surface area contributed by atoms with Crippen molar-refractivity contribution >= 4 is 5.97 Å². The zero-order valence-corrected chi connectivity index (χ0v) is 22.3. The van der Waals surface area contributed by atoms with Crippen molar-refractivity contribution in [2.24, 2.45) is 23.2 Å². The van der Waals surface area contributed by atoms with Gasteiger partial charge in [-0.3, -0.25) is 14.6 Å². The van der Waals surface area contributed by atoms with Crippen LogP contribution < -0.4 is 0 Å². The predicted molar refractivity (Wildman–Crippen MR) is 143 cm³/mol.